The Morgan fingerprint density at radius 1 is 1.61 bits per heavy atom. The van der Waals surface area contributed by atoms with Gasteiger partial charge in [0, 0.05) is 6.42 Å². The Hall–Kier alpha value is -1.85. The minimum atomic E-state index is -0.685. The summed E-state index contributed by atoms with van der Waals surface area (Å²) in [4.78, 5) is 34.0. The highest BCUT2D eigenvalue weighted by Crippen LogP contribution is 2.08. The monoisotopic (exact) mass is 253 g/mol. The van der Waals surface area contributed by atoms with Gasteiger partial charge >= 0.3 is 0 Å². The van der Waals surface area contributed by atoms with Gasteiger partial charge in [0.05, 0.1) is 0 Å². The Bertz CT molecular complexity index is 354. The summed E-state index contributed by atoms with van der Waals surface area (Å²) < 4.78 is 0. The third-order valence-corrected chi connectivity index (χ3v) is 2.87. The molecule has 4 N–H and O–H groups in total. The first kappa shape index (κ1) is 14.2. The van der Waals surface area contributed by atoms with Crippen LogP contribution >= 0.6 is 0 Å². The molecule has 0 radical (unpaired) electrons. The van der Waals surface area contributed by atoms with Gasteiger partial charge in [-0.15, -0.1) is 6.58 Å². The molecule has 0 bridgehead atoms. The number of hydrogen-bond acceptors (Lipinski definition) is 3. The van der Waals surface area contributed by atoms with Crippen LogP contribution in [0.1, 0.15) is 32.1 Å². The van der Waals surface area contributed by atoms with Gasteiger partial charge in [-0.1, -0.05) is 6.08 Å². The van der Waals surface area contributed by atoms with Gasteiger partial charge in [-0.3, -0.25) is 14.4 Å². The molecule has 3 amide bonds. The second-order valence-corrected chi connectivity index (χ2v) is 4.34. The maximum absolute atomic E-state index is 11.8. The van der Waals surface area contributed by atoms with Crippen molar-refractivity contribution in [2.75, 3.05) is 0 Å². The van der Waals surface area contributed by atoms with Crippen LogP contribution in [-0.4, -0.2) is 29.8 Å². The first-order valence-electron chi connectivity index (χ1n) is 6.04. The van der Waals surface area contributed by atoms with Crippen molar-refractivity contribution >= 4 is 17.7 Å². The summed E-state index contributed by atoms with van der Waals surface area (Å²) in [6.45, 7) is 3.58. The lowest BCUT2D eigenvalue weighted by Crippen LogP contribution is -2.50. The van der Waals surface area contributed by atoms with E-state index in [-0.39, 0.29) is 11.8 Å². The molecule has 0 saturated carbocycles. The van der Waals surface area contributed by atoms with E-state index in [0.717, 1.165) is 12.8 Å². The Balaban J connectivity index is 2.44. The predicted molar refractivity (Wildman–Crippen MR) is 66.3 cm³/mol. The topological polar surface area (TPSA) is 101 Å². The molecule has 0 aromatic rings. The van der Waals surface area contributed by atoms with Crippen molar-refractivity contribution in [2.45, 2.75) is 44.2 Å². The summed E-state index contributed by atoms with van der Waals surface area (Å²) in [7, 11) is 0. The minimum absolute atomic E-state index is 0.141. The van der Waals surface area contributed by atoms with Gasteiger partial charge in [-0.05, 0) is 25.7 Å². The van der Waals surface area contributed by atoms with Gasteiger partial charge in [0.25, 0.3) is 0 Å². The molecule has 6 heteroatoms. The summed E-state index contributed by atoms with van der Waals surface area (Å²) >= 11 is 0. The number of carbonyl (C=O) groups excluding carboxylic acids is 3. The number of primary amides is 1. The predicted octanol–water partition coefficient (Wildman–Crippen LogP) is -0.409. The van der Waals surface area contributed by atoms with Gasteiger partial charge in [0.2, 0.25) is 17.7 Å². The largest absolute Gasteiger partial charge is 0.368 e. The number of unbranched alkanes of at least 4 members (excludes halogenated alkanes) is 1. The van der Waals surface area contributed by atoms with E-state index >= 15 is 0 Å². The first-order valence-corrected chi connectivity index (χ1v) is 6.04. The minimum Gasteiger partial charge on any atom is -0.368 e. The molecular weight excluding hydrogens is 234 g/mol. The molecule has 1 rings (SSSR count). The van der Waals surface area contributed by atoms with Crippen LogP contribution in [-0.2, 0) is 14.4 Å². The molecule has 1 heterocycles. The molecule has 1 aliphatic rings. The lowest BCUT2D eigenvalue weighted by molar-refractivity contribution is -0.129. The van der Waals surface area contributed by atoms with Crippen LogP contribution in [0.25, 0.3) is 0 Å². The van der Waals surface area contributed by atoms with Gasteiger partial charge in [-0.2, -0.15) is 0 Å². The molecule has 100 valence electrons. The van der Waals surface area contributed by atoms with E-state index in [0.29, 0.717) is 19.3 Å². The summed E-state index contributed by atoms with van der Waals surface area (Å²) in [6.07, 6.45) is 4.53. The zero-order valence-electron chi connectivity index (χ0n) is 10.3. The average molecular weight is 253 g/mol. The quantitative estimate of drug-likeness (QED) is 0.424. The molecule has 0 unspecified atom stereocenters. The number of allylic oxidation sites excluding steroid dienone is 1. The van der Waals surface area contributed by atoms with Crippen molar-refractivity contribution in [1.29, 1.82) is 0 Å². The molecule has 0 aliphatic carbocycles. The average Bonchev–Trinajstić information content (AvgIpc) is 2.74. The highest BCUT2D eigenvalue weighted by atomic mass is 16.2. The molecule has 6 nitrogen and oxygen atoms in total. The number of nitrogens with two attached hydrogens (primary N) is 1. The molecule has 0 aromatic heterocycles. The van der Waals surface area contributed by atoms with Gasteiger partial charge < -0.3 is 16.4 Å². The maximum atomic E-state index is 11.8. The third-order valence-electron chi connectivity index (χ3n) is 2.87. The van der Waals surface area contributed by atoms with E-state index in [9.17, 15) is 14.4 Å². The second-order valence-electron chi connectivity index (χ2n) is 4.34. The van der Waals surface area contributed by atoms with Crippen LogP contribution in [0.3, 0.4) is 0 Å². The number of hydrogen-bond donors (Lipinski definition) is 3. The summed E-state index contributed by atoms with van der Waals surface area (Å²) in [5, 5.41) is 5.12. The number of rotatable bonds is 7. The van der Waals surface area contributed by atoms with E-state index in [2.05, 4.69) is 17.2 Å². The maximum Gasteiger partial charge on any atom is 0.243 e. The summed E-state index contributed by atoms with van der Waals surface area (Å²) in [6, 6.07) is -1.23. The molecule has 0 spiro atoms. The summed E-state index contributed by atoms with van der Waals surface area (Å²) in [5.41, 5.74) is 5.23. The number of amides is 3. The van der Waals surface area contributed by atoms with Crippen LogP contribution < -0.4 is 16.4 Å². The highest BCUT2D eigenvalue weighted by Gasteiger charge is 2.29. The molecular formula is C12H19N3O3. The van der Waals surface area contributed by atoms with E-state index in [1.54, 1.807) is 6.08 Å². The van der Waals surface area contributed by atoms with Crippen molar-refractivity contribution < 1.29 is 14.4 Å². The smallest absolute Gasteiger partial charge is 0.243 e. The van der Waals surface area contributed by atoms with Crippen LogP contribution in [0.4, 0.5) is 0 Å². The van der Waals surface area contributed by atoms with Crippen molar-refractivity contribution in [2.24, 2.45) is 5.73 Å². The SMILES string of the molecule is C=CCCC[C@H](NC(=O)[C@@H]1CCC(=O)N1)C(N)=O. The van der Waals surface area contributed by atoms with Crippen LogP contribution in [0.5, 0.6) is 0 Å². The van der Waals surface area contributed by atoms with E-state index in [1.165, 1.54) is 0 Å². The Labute approximate surface area is 106 Å². The van der Waals surface area contributed by atoms with Gasteiger partial charge in [0.1, 0.15) is 12.1 Å². The molecule has 2 atom stereocenters. The highest BCUT2D eigenvalue weighted by molar-refractivity contribution is 5.93. The van der Waals surface area contributed by atoms with E-state index in [4.69, 9.17) is 5.73 Å². The fraction of sp³-hybridized carbons (Fsp3) is 0.583. The second kappa shape index (κ2) is 6.78. The van der Waals surface area contributed by atoms with Crippen molar-refractivity contribution in [3.8, 4) is 0 Å². The zero-order valence-corrected chi connectivity index (χ0v) is 10.3. The Kier molecular flexibility index (Phi) is 5.35. The van der Waals surface area contributed by atoms with Crippen molar-refractivity contribution in [3.63, 3.8) is 0 Å². The fourth-order valence-electron chi connectivity index (χ4n) is 1.83. The molecule has 1 fully saturated rings. The first-order chi connectivity index (χ1) is 8.54. The standard InChI is InChI=1S/C12H19N3O3/c1-2-3-4-5-8(11(13)17)15-12(18)9-6-7-10(16)14-9/h2,8-9H,1,3-7H2,(H2,13,17)(H,14,16)(H,15,18)/t8-,9-/m0/s1. The van der Waals surface area contributed by atoms with E-state index < -0.39 is 18.0 Å². The molecule has 18 heavy (non-hydrogen) atoms. The fourth-order valence-corrected chi connectivity index (χ4v) is 1.83. The zero-order chi connectivity index (χ0) is 13.5. The van der Waals surface area contributed by atoms with Crippen LogP contribution in [0, 0.1) is 0 Å². The Morgan fingerprint density at radius 3 is 2.83 bits per heavy atom. The molecule has 1 aliphatic heterocycles. The Morgan fingerprint density at radius 2 is 2.33 bits per heavy atom. The van der Waals surface area contributed by atoms with Crippen LogP contribution in [0.2, 0.25) is 0 Å². The lowest BCUT2D eigenvalue weighted by Gasteiger charge is -2.17. The summed E-state index contributed by atoms with van der Waals surface area (Å²) in [5.74, 6) is -1.04. The van der Waals surface area contributed by atoms with Crippen molar-refractivity contribution in [3.05, 3.63) is 12.7 Å². The molecule has 0 aromatic carbocycles. The number of carbonyl (C=O) groups is 3. The van der Waals surface area contributed by atoms with Crippen molar-refractivity contribution in [1.82, 2.24) is 10.6 Å². The molecule has 1 saturated heterocycles. The van der Waals surface area contributed by atoms with E-state index in [1.807, 2.05) is 0 Å². The van der Waals surface area contributed by atoms with Gasteiger partial charge in [-0.25, -0.2) is 0 Å². The van der Waals surface area contributed by atoms with Gasteiger partial charge in [0.15, 0.2) is 0 Å². The third kappa shape index (κ3) is 4.20. The number of nitrogens with one attached hydrogen (secondary N) is 2. The normalized spacial score (nSPS) is 20.0. The van der Waals surface area contributed by atoms with Crippen LogP contribution in [0.15, 0.2) is 12.7 Å². The lowest BCUT2D eigenvalue weighted by atomic mass is 10.1.